The Labute approximate surface area is 107 Å². The van der Waals surface area contributed by atoms with Crippen LogP contribution in [0.4, 0.5) is 5.95 Å². The molecule has 1 fully saturated rings. The second-order valence-corrected chi connectivity index (χ2v) is 5.23. The molecule has 0 saturated heterocycles. The van der Waals surface area contributed by atoms with E-state index < -0.39 is 0 Å². The smallest absolute Gasteiger partial charge is 0.243 e. The van der Waals surface area contributed by atoms with Crippen molar-refractivity contribution >= 4 is 17.0 Å². The number of nitrogens with zero attached hydrogens (tertiary/aromatic N) is 3. The van der Waals surface area contributed by atoms with E-state index in [-0.39, 0.29) is 0 Å². The Balaban J connectivity index is 1.71. The number of nitrogens with one attached hydrogen (secondary N) is 1. The van der Waals surface area contributed by atoms with Gasteiger partial charge in [0.15, 0.2) is 0 Å². The molecule has 18 heavy (non-hydrogen) atoms. The van der Waals surface area contributed by atoms with Crippen LogP contribution in [0.1, 0.15) is 32.6 Å². The van der Waals surface area contributed by atoms with Crippen LogP contribution < -0.4 is 5.32 Å². The molecule has 0 amide bonds. The lowest BCUT2D eigenvalue weighted by Gasteiger charge is -2.14. The molecule has 1 heterocycles. The molecule has 4 heteroatoms. The minimum absolute atomic E-state index is 0.504. The van der Waals surface area contributed by atoms with Gasteiger partial charge < -0.3 is 5.32 Å². The maximum Gasteiger partial charge on any atom is 0.243 e. The number of fused-ring (bicyclic) bond motifs is 1. The maximum absolute atomic E-state index is 4.48. The first kappa shape index (κ1) is 11.4. The highest BCUT2D eigenvalue weighted by Gasteiger charge is 2.41. The van der Waals surface area contributed by atoms with E-state index in [1.807, 2.05) is 24.3 Å². The minimum Gasteiger partial charge on any atom is -0.352 e. The second kappa shape index (κ2) is 4.52. The Morgan fingerprint density at radius 1 is 1.17 bits per heavy atom. The first-order chi connectivity index (χ1) is 8.81. The molecule has 1 aromatic heterocycles. The lowest BCUT2D eigenvalue weighted by Crippen LogP contribution is -2.17. The third kappa shape index (κ3) is 2.28. The van der Waals surface area contributed by atoms with Crippen LogP contribution in [0, 0.1) is 5.41 Å². The Kier molecular flexibility index (Phi) is 2.86. The number of aromatic nitrogens is 3. The normalized spacial score (nSPS) is 16.7. The fourth-order valence-corrected chi connectivity index (χ4v) is 2.44. The molecule has 0 bridgehead atoms. The average molecular weight is 242 g/mol. The summed E-state index contributed by atoms with van der Waals surface area (Å²) in [6, 6.07) is 7.82. The van der Waals surface area contributed by atoms with Crippen LogP contribution in [0.15, 0.2) is 24.3 Å². The van der Waals surface area contributed by atoms with E-state index in [1.54, 1.807) is 0 Å². The number of benzene rings is 1. The maximum atomic E-state index is 4.48. The lowest BCUT2D eigenvalue weighted by atomic mass is 10.0. The van der Waals surface area contributed by atoms with Gasteiger partial charge in [0.05, 0.1) is 5.52 Å². The van der Waals surface area contributed by atoms with Crippen molar-refractivity contribution in [3.8, 4) is 0 Å². The highest BCUT2D eigenvalue weighted by molar-refractivity contribution is 5.74. The van der Waals surface area contributed by atoms with Gasteiger partial charge in [0.2, 0.25) is 5.95 Å². The van der Waals surface area contributed by atoms with Gasteiger partial charge in [0.1, 0.15) is 5.52 Å². The third-order valence-corrected chi connectivity index (χ3v) is 3.72. The van der Waals surface area contributed by atoms with Crippen molar-refractivity contribution in [1.82, 2.24) is 15.2 Å². The monoisotopic (exact) mass is 242 g/mol. The predicted octanol–water partition coefficient (Wildman–Crippen LogP) is 3.02. The average Bonchev–Trinajstić information content (AvgIpc) is 3.17. The number of hydrogen-bond donors (Lipinski definition) is 1. The van der Waals surface area contributed by atoms with Crippen LogP contribution in [0.2, 0.25) is 0 Å². The van der Waals surface area contributed by atoms with Crippen molar-refractivity contribution in [1.29, 1.82) is 0 Å². The number of anilines is 1. The predicted molar refractivity (Wildman–Crippen MR) is 72.4 cm³/mol. The van der Waals surface area contributed by atoms with Crippen LogP contribution >= 0.6 is 0 Å². The molecule has 0 aliphatic heterocycles. The van der Waals surface area contributed by atoms with Crippen LogP contribution in [-0.2, 0) is 0 Å². The molecule has 0 spiro atoms. The van der Waals surface area contributed by atoms with E-state index in [0.717, 1.165) is 17.6 Å². The quantitative estimate of drug-likeness (QED) is 0.875. The largest absolute Gasteiger partial charge is 0.352 e. The standard InChI is InChI=1S/C14H18N4/c1-2-7-14(8-9-14)10-15-13-16-11-5-3-4-6-12(11)17-18-13/h3-6H,2,7-10H2,1H3,(H,15,16,18). The molecule has 94 valence electrons. The van der Waals surface area contributed by atoms with Crippen molar-refractivity contribution in [3.63, 3.8) is 0 Å². The molecule has 1 aliphatic rings. The van der Waals surface area contributed by atoms with Gasteiger partial charge in [0.25, 0.3) is 0 Å². The Morgan fingerprint density at radius 3 is 2.67 bits per heavy atom. The van der Waals surface area contributed by atoms with Gasteiger partial charge in [0, 0.05) is 6.54 Å². The molecule has 0 radical (unpaired) electrons. The summed E-state index contributed by atoms with van der Waals surface area (Å²) < 4.78 is 0. The fraction of sp³-hybridized carbons (Fsp3) is 0.500. The first-order valence-electron chi connectivity index (χ1n) is 6.65. The molecule has 1 aliphatic carbocycles. The first-order valence-corrected chi connectivity index (χ1v) is 6.65. The molecule has 2 aromatic rings. The topological polar surface area (TPSA) is 50.7 Å². The van der Waals surface area contributed by atoms with Gasteiger partial charge in [-0.15, -0.1) is 10.2 Å². The van der Waals surface area contributed by atoms with Crippen LogP contribution in [0.25, 0.3) is 11.0 Å². The summed E-state index contributed by atoms with van der Waals surface area (Å²) in [6.07, 6.45) is 5.20. The Bertz CT molecular complexity index is 548. The molecule has 1 N–H and O–H groups in total. The summed E-state index contributed by atoms with van der Waals surface area (Å²) in [5, 5.41) is 11.6. The Hall–Kier alpha value is -1.71. The van der Waals surface area contributed by atoms with Crippen LogP contribution in [0.5, 0.6) is 0 Å². The van der Waals surface area contributed by atoms with Crippen LogP contribution in [0.3, 0.4) is 0 Å². The minimum atomic E-state index is 0.504. The van der Waals surface area contributed by atoms with Gasteiger partial charge in [-0.1, -0.05) is 25.5 Å². The zero-order chi connectivity index (χ0) is 12.4. The van der Waals surface area contributed by atoms with E-state index >= 15 is 0 Å². The van der Waals surface area contributed by atoms with Gasteiger partial charge >= 0.3 is 0 Å². The number of rotatable bonds is 5. The van der Waals surface area contributed by atoms with Gasteiger partial charge in [-0.3, -0.25) is 0 Å². The molecular weight excluding hydrogens is 224 g/mol. The second-order valence-electron chi connectivity index (χ2n) is 5.23. The van der Waals surface area contributed by atoms with Crippen molar-refractivity contribution < 1.29 is 0 Å². The molecule has 1 saturated carbocycles. The lowest BCUT2D eigenvalue weighted by molar-refractivity contribution is 0.484. The van der Waals surface area contributed by atoms with E-state index in [0.29, 0.717) is 11.4 Å². The molecule has 1 aromatic carbocycles. The van der Waals surface area contributed by atoms with Crippen LogP contribution in [-0.4, -0.2) is 21.7 Å². The molecule has 4 nitrogen and oxygen atoms in total. The van der Waals surface area contributed by atoms with E-state index in [1.165, 1.54) is 25.7 Å². The third-order valence-electron chi connectivity index (χ3n) is 3.72. The fourth-order valence-electron chi connectivity index (χ4n) is 2.44. The number of para-hydroxylation sites is 1. The summed E-state index contributed by atoms with van der Waals surface area (Å²) in [6.45, 7) is 3.22. The van der Waals surface area contributed by atoms with Crippen molar-refractivity contribution in [2.24, 2.45) is 5.41 Å². The zero-order valence-corrected chi connectivity index (χ0v) is 10.7. The zero-order valence-electron chi connectivity index (χ0n) is 10.7. The van der Waals surface area contributed by atoms with E-state index in [9.17, 15) is 0 Å². The van der Waals surface area contributed by atoms with E-state index in [2.05, 4.69) is 27.4 Å². The summed E-state index contributed by atoms with van der Waals surface area (Å²) >= 11 is 0. The molecule has 0 atom stereocenters. The van der Waals surface area contributed by atoms with Crippen molar-refractivity contribution in [2.75, 3.05) is 11.9 Å². The molecule has 0 unspecified atom stereocenters. The molecular formula is C14H18N4. The van der Waals surface area contributed by atoms with Gasteiger partial charge in [-0.25, -0.2) is 4.98 Å². The summed E-state index contributed by atoms with van der Waals surface area (Å²) in [4.78, 5) is 4.48. The van der Waals surface area contributed by atoms with Gasteiger partial charge in [-0.05, 0) is 36.8 Å². The highest BCUT2D eigenvalue weighted by atomic mass is 15.2. The summed E-state index contributed by atoms with van der Waals surface area (Å²) in [5.41, 5.74) is 2.25. The SMILES string of the molecule is CCCC1(CNc2nnc3ccccc3n2)CC1. The van der Waals surface area contributed by atoms with Crippen molar-refractivity contribution in [3.05, 3.63) is 24.3 Å². The van der Waals surface area contributed by atoms with Crippen molar-refractivity contribution in [2.45, 2.75) is 32.6 Å². The molecule has 3 rings (SSSR count). The van der Waals surface area contributed by atoms with Gasteiger partial charge in [-0.2, -0.15) is 0 Å². The summed E-state index contributed by atoms with van der Waals surface area (Å²) in [7, 11) is 0. The van der Waals surface area contributed by atoms with E-state index in [4.69, 9.17) is 0 Å². The highest BCUT2D eigenvalue weighted by Crippen LogP contribution is 2.49. The Morgan fingerprint density at radius 2 is 1.94 bits per heavy atom. The summed E-state index contributed by atoms with van der Waals surface area (Å²) in [5.74, 6) is 0.649. The number of hydrogen-bond acceptors (Lipinski definition) is 4.